The van der Waals surface area contributed by atoms with Crippen LogP contribution in [-0.2, 0) is 0 Å². The molecule has 1 aromatic carbocycles. The molecular weight excluding hydrogens is 437 g/mol. The Morgan fingerprint density at radius 1 is 0.968 bits per heavy atom. The molecule has 2 aromatic heterocycles. The number of rotatable bonds is 7. The number of benzene rings is 1. The summed E-state index contributed by atoms with van der Waals surface area (Å²) in [4.78, 5) is 13.3. The smallest absolute Gasteiger partial charge is 0.143 e. The Morgan fingerprint density at radius 2 is 1.68 bits per heavy atom. The van der Waals surface area contributed by atoms with Crippen LogP contribution in [0.4, 0.5) is 17.3 Å². The zero-order valence-electron chi connectivity index (χ0n) is 17.3. The third-order valence-corrected chi connectivity index (χ3v) is 6.03. The minimum atomic E-state index is 0.330. The van der Waals surface area contributed by atoms with Gasteiger partial charge in [-0.05, 0) is 25.0 Å². The van der Waals surface area contributed by atoms with Crippen LogP contribution >= 0.6 is 23.2 Å². The first kappa shape index (κ1) is 21.5. The fourth-order valence-corrected chi connectivity index (χ4v) is 4.28. The molecule has 0 amide bonds. The number of nitrogens with one attached hydrogen (secondary N) is 2. The third kappa shape index (κ3) is 4.62. The van der Waals surface area contributed by atoms with Gasteiger partial charge in [0.25, 0.3) is 0 Å². The number of methoxy groups -OCH3 is 2. The van der Waals surface area contributed by atoms with Crippen LogP contribution in [0.1, 0.15) is 25.7 Å². The van der Waals surface area contributed by atoms with Crippen LogP contribution in [0, 0.1) is 0 Å². The molecule has 1 aliphatic carbocycles. The monoisotopic (exact) mass is 459 g/mol. The van der Waals surface area contributed by atoms with Crippen molar-refractivity contribution in [2.24, 2.45) is 0 Å². The highest BCUT2D eigenvalue weighted by atomic mass is 35.5. The molecular formula is C22H23Cl2N5O2. The van der Waals surface area contributed by atoms with Crippen molar-refractivity contribution in [3.63, 3.8) is 0 Å². The highest BCUT2D eigenvalue weighted by Crippen LogP contribution is 2.45. The SMILES string of the molecule is COc1cc(OC)c(Cl)c(Nc2ncccc2-c2cc(NC3CCCC3)ncn2)c1Cl. The molecule has 0 saturated heterocycles. The maximum Gasteiger partial charge on any atom is 0.143 e. The van der Waals surface area contributed by atoms with E-state index in [1.54, 1.807) is 18.6 Å². The van der Waals surface area contributed by atoms with E-state index in [2.05, 4.69) is 25.6 Å². The average Bonchev–Trinajstić information content (AvgIpc) is 3.30. The lowest BCUT2D eigenvalue weighted by molar-refractivity contribution is 0.395. The van der Waals surface area contributed by atoms with Crippen LogP contribution < -0.4 is 20.1 Å². The fourth-order valence-electron chi connectivity index (χ4n) is 3.69. The van der Waals surface area contributed by atoms with Gasteiger partial charge < -0.3 is 20.1 Å². The largest absolute Gasteiger partial charge is 0.495 e. The lowest BCUT2D eigenvalue weighted by Crippen LogP contribution is -2.15. The maximum absolute atomic E-state index is 6.52. The van der Waals surface area contributed by atoms with E-state index in [0.717, 1.165) is 29.9 Å². The van der Waals surface area contributed by atoms with Crippen LogP contribution in [-0.4, -0.2) is 35.2 Å². The van der Waals surface area contributed by atoms with E-state index in [4.69, 9.17) is 32.7 Å². The summed E-state index contributed by atoms with van der Waals surface area (Å²) in [6.45, 7) is 0. The van der Waals surface area contributed by atoms with Crippen molar-refractivity contribution in [3.8, 4) is 22.8 Å². The van der Waals surface area contributed by atoms with Gasteiger partial charge in [-0.3, -0.25) is 0 Å². The van der Waals surface area contributed by atoms with Crippen LogP contribution in [0.15, 0.2) is 36.8 Å². The molecule has 1 saturated carbocycles. The van der Waals surface area contributed by atoms with Crippen molar-refractivity contribution in [1.29, 1.82) is 0 Å². The van der Waals surface area contributed by atoms with E-state index in [9.17, 15) is 0 Å². The molecule has 9 heteroatoms. The Kier molecular flexibility index (Phi) is 6.63. The molecule has 2 heterocycles. The predicted octanol–water partition coefficient (Wildman–Crippen LogP) is 5.96. The van der Waals surface area contributed by atoms with Crippen LogP contribution in [0.2, 0.25) is 10.0 Å². The second kappa shape index (κ2) is 9.58. The molecule has 0 radical (unpaired) electrons. The zero-order valence-corrected chi connectivity index (χ0v) is 18.8. The van der Waals surface area contributed by atoms with Gasteiger partial charge in [-0.25, -0.2) is 15.0 Å². The van der Waals surface area contributed by atoms with Gasteiger partial charge in [0.1, 0.15) is 39.5 Å². The number of pyridine rings is 1. The van der Waals surface area contributed by atoms with Gasteiger partial charge in [-0.15, -0.1) is 0 Å². The molecule has 0 spiro atoms. The van der Waals surface area contributed by atoms with Gasteiger partial charge in [0, 0.05) is 29.9 Å². The minimum Gasteiger partial charge on any atom is -0.495 e. The molecule has 2 N–H and O–H groups in total. The summed E-state index contributed by atoms with van der Waals surface area (Å²) in [6, 6.07) is 7.80. The lowest BCUT2D eigenvalue weighted by atomic mass is 10.1. The highest BCUT2D eigenvalue weighted by molar-refractivity contribution is 6.41. The summed E-state index contributed by atoms with van der Waals surface area (Å²) in [5.41, 5.74) is 1.96. The average molecular weight is 460 g/mol. The molecule has 0 bridgehead atoms. The second-order valence-corrected chi connectivity index (χ2v) is 7.98. The summed E-state index contributed by atoms with van der Waals surface area (Å²) < 4.78 is 10.7. The van der Waals surface area contributed by atoms with E-state index in [1.807, 2.05) is 18.2 Å². The van der Waals surface area contributed by atoms with Crippen molar-refractivity contribution in [3.05, 3.63) is 46.8 Å². The van der Waals surface area contributed by atoms with E-state index < -0.39 is 0 Å². The highest BCUT2D eigenvalue weighted by Gasteiger charge is 2.20. The first-order valence-corrected chi connectivity index (χ1v) is 10.8. The summed E-state index contributed by atoms with van der Waals surface area (Å²) in [7, 11) is 3.06. The number of halogens is 2. The zero-order chi connectivity index (χ0) is 21.8. The third-order valence-electron chi connectivity index (χ3n) is 5.27. The molecule has 4 rings (SSSR count). The van der Waals surface area contributed by atoms with Crippen molar-refractivity contribution in [2.45, 2.75) is 31.7 Å². The number of anilines is 3. The molecule has 0 aliphatic heterocycles. The fraction of sp³-hybridized carbons (Fsp3) is 0.318. The Morgan fingerprint density at radius 3 is 2.35 bits per heavy atom. The first-order chi connectivity index (χ1) is 15.1. The van der Waals surface area contributed by atoms with Crippen LogP contribution in [0.25, 0.3) is 11.3 Å². The summed E-state index contributed by atoms with van der Waals surface area (Å²) in [6.07, 6.45) is 8.05. The Labute approximate surface area is 191 Å². The molecule has 0 atom stereocenters. The van der Waals surface area contributed by atoms with E-state index in [-0.39, 0.29) is 0 Å². The Balaban J connectivity index is 1.69. The summed E-state index contributed by atoms with van der Waals surface area (Å²) in [5.74, 6) is 2.22. The van der Waals surface area contributed by atoms with Crippen molar-refractivity contribution < 1.29 is 9.47 Å². The van der Waals surface area contributed by atoms with Crippen molar-refractivity contribution >= 4 is 40.5 Å². The van der Waals surface area contributed by atoms with Crippen LogP contribution in [0.5, 0.6) is 11.5 Å². The van der Waals surface area contributed by atoms with Gasteiger partial charge >= 0.3 is 0 Å². The normalized spacial score (nSPS) is 13.8. The lowest BCUT2D eigenvalue weighted by Gasteiger charge is -2.17. The molecule has 1 fully saturated rings. The topological polar surface area (TPSA) is 81.2 Å². The number of nitrogens with zero attached hydrogens (tertiary/aromatic N) is 3. The number of ether oxygens (including phenoxy) is 2. The molecule has 31 heavy (non-hydrogen) atoms. The standard InChI is InChI=1S/C22H23Cl2N5O2/c1-30-16-11-17(31-2)20(24)21(19(16)23)29-22-14(8-5-9-25-22)15-10-18(27-12-26-15)28-13-6-3-4-7-13/h5,8-13H,3-4,6-7H2,1-2H3,(H,25,29)(H,26,27,28). The van der Waals surface area contributed by atoms with Gasteiger partial charge in [0.05, 0.1) is 25.6 Å². The predicted molar refractivity (Wildman–Crippen MR) is 124 cm³/mol. The van der Waals surface area contributed by atoms with Gasteiger partial charge in [0.2, 0.25) is 0 Å². The second-order valence-electron chi connectivity index (χ2n) is 7.22. The minimum absolute atomic E-state index is 0.330. The van der Waals surface area contributed by atoms with Gasteiger partial charge in [-0.1, -0.05) is 36.0 Å². The maximum atomic E-state index is 6.52. The van der Waals surface area contributed by atoms with Crippen molar-refractivity contribution in [1.82, 2.24) is 15.0 Å². The van der Waals surface area contributed by atoms with E-state index in [1.165, 1.54) is 27.1 Å². The summed E-state index contributed by atoms with van der Waals surface area (Å²) in [5, 5.41) is 7.39. The van der Waals surface area contributed by atoms with Gasteiger partial charge in [-0.2, -0.15) is 0 Å². The number of hydrogen-bond acceptors (Lipinski definition) is 7. The number of hydrogen-bond donors (Lipinski definition) is 2. The van der Waals surface area contributed by atoms with E-state index >= 15 is 0 Å². The molecule has 3 aromatic rings. The molecule has 1 aliphatic rings. The van der Waals surface area contributed by atoms with Gasteiger partial charge in [0.15, 0.2) is 0 Å². The molecule has 7 nitrogen and oxygen atoms in total. The first-order valence-electron chi connectivity index (χ1n) is 10.0. The quantitative estimate of drug-likeness (QED) is 0.450. The molecule has 0 unspecified atom stereocenters. The Bertz CT molecular complexity index is 1050. The summed E-state index contributed by atoms with van der Waals surface area (Å²) >= 11 is 13.0. The van der Waals surface area contributed by atoms with Crippen LogP contribution in [0.3, 0.4) is 0 Å². The number of aromatic nitrogens is 3. The van der Waals surface area contributed by atoms with E-state index in [0.29, 0.717) is 39.1 Å². The Hall–Kier alpha value is -2.77. The molecule has 162 valence electrons. The van der Waals surface area contributed by atoms with Crippen molar-refractivity contribution in [2.75, 3.05) is 24.9 Å².